The number of fused-ring (bicyclic) bond motifs is 2. The lowest BCUT2D eigenvalue weighted by molar-refractivity contribution is -0.142. The van der Waals surface area contributed by atoms with Crippen molar-refractivity contribution < 1.29 is 33.8 Å². The average Bonchev–Trinajstić information content (AvgIpc) is 2.65. The van der Waals surface area contributed by atoms with Gasteiger partial charge >= 0.3 is 5.97 Å². The molecule has 0 saturated carbocycles. The largest absolute Gasteiger partial charge is 0.496 e. The van der Waals surface area contributed by atoms with Crippen molar-refractivity contribution in [3.05, 3.63) is 27.7 Å². The van der Waals surface area contributed by atoms with Gasteiger partial charge in [0.05, 0.1) is 17.0 Å². The molecule has 8 nitrogen and oxygen atoms in total. The van der Waals surface area contributed by atoms with Crippen LogP contribution < -0.4 is 10.1 Å². The number of nitrogens with one attached hydrogen (secondary N) is 1. The predicted octanol–water partition coefficient (Wildman–Crippen LogP) is 1.09. The molecule has 1 saturated heterocycles. The molecule has 1 aliphatic carbocycles. The van der Waals surface area contributed by atoms with Gasteiger partial charge in [-0.15, -0.1) is 0 Å². The van der Waals surface area contributed by atoms with E-state index in [-0.39, 0.29) is 5.56 Å². The maximum absolute atomic E-state index is 13.3. The number of ether oxygens (including phenoxy) is 2. The van der Waals surface area contributed by atoms with Crippen LogP contribution in [0.5, 0.6) is 5.75 Å². The van der Waals surface area contributed by atoms with E-state index in [2.05, 4.69) is 21.2 Å². The van der Waals surface area contributed by atoms with E-state index < -0.39 is 41.3 Å². The Bertz CT molecular complexity index is 829. The van der Waals surface area contributed by atoms with Crippen molar-refractivity contribution >= 4 is 39.4 Å². The molecule has 1 fully saturated rings. The number of carboxylic acids is 1. The molecule has 3 rings (SSSR count). The van der Waals surface area contributed by atoms with Gasteiger partial charge in [-0.3, -0.25) is 19.2 Å². The molecule has 0 radical (unpaired) electrons. The second kappa shape index (κ2) is 7.40. The van der Waals surface area contributed by atoms with Crippen LogP contribution in [0.1, 0.15) is 28.8 Å². The Labute approximate surface area is 163 Å². The molecule has 0 aromatic heterocycles. The van der Waals surface area contributed by atoms with Gasteiger partial charge in [-0.1, -0.05) is 0 Å². The van der Waals surface area contributed by atoms with Crippen molar-refractivity contribution in [2.45, 2.75) is 18.3 Å². The van der Waals surface area contributed by atoms with Gasteiger partial charge in [0, 0.05) is 18.8 Å². The number of amides is 1. The summed E-state index contributed by atoms with van der Waals surface area (Å²) in [4.78, 5) is 49.5. The molecule has 1 spiro atoms. The molecular weight excluding hydrogens is 422 g/mol. The van der Waals surface area contributed by atoms with E-state index in [0.717, 1.165) is 0 Å². The van der Waals surface area contributed by atoms with Gasteiger partial charge in [-0.2, -0.15) is 0 Å². The summed E-state index contributed by atoms with van der Waals surface area (Å²) in [7, 11) is 1.45. The predicted molar refractivity (Wildman–Crippen MR) is 95.9 cm³/mol. The topological polar surface area (TPSA) is 119 Å². The molecule has 27 heavy (non-hydrogen) atoms. The van der Waals surface area contributed by atoms with E-state index in [1.54, 1.807) is 6.07 Å². The number of methoxy groups -OCH3 is 1. The molecule has 2 aliphatic rings. The molecule has 2 N–H and O–H groups in total. The highest BCUT2D eigenvalue weighted by Gasteiger charge is 2.54. The Morgan fingerprint density at radius 2 is 2.00 bits per heavy atom. The Morgan fingerprint density at radius 1 is 1.33 bits per heavy atom. The van der Waals surface area contributed by atoms with Crippen molar-refractivity contribution in [1.29, 1.82) is 0 Å². The van der Waals surface area contributed by atoms with Crippen LogP contribution in [0.25, 0.3) is 0 Å². The monoisotopic (exact) mass is 439 g/mol. The van der Waals surface area contributed by atoms with Gasteiger partial charge in [0.25, 0.3) is 0 Å². The van der Waals surface area contributed by atoms with Crippen LogP contribution >= 0.6 is 15.9 Å². The van der Waals surface area contributed by atoms with Crippen LogP contribution in [0.4, 0.5) is 0 Å². The molecule has 144 valence electrons. The van der Waals surface area contributed by atoms with Crippen LogP contribution in [-0.2, 0) is 24.5 Å². The van der Waals surface area contributed by atoms with Crippen molar-refractivity contribution in [2.75, 3.05) is 26.9 Å². The fourth-order valence-corrected chi connectivity index (χ4v) is 4.24. The number of hydrogen-bond acceptors (Lipinski definition) is 6. The first-order chi connectivity index (χ1) is 12.8. The zero-order chi connectivity index (χ0) is 19.8. The Hall–Kier alpha value is -2.26. The SMILES string of the molecule is COc1cc2c(cc1Br)C1(CCOCC1)C(=O)C(C(=O)NCC(=O)O)C2=O. The fourth-order valence-electron chi connectivity index (χ4n) is 3.73. The van der Waals surface area contributed by atoms with Gasteiger partial charge < -0.3 is 19.9 Å². The molecular formula is C18H18BrNO7. The smallest absolute Gasteiger partial charge is 0.322 e. The second-order valence-electron chi connectivity index (χ2n) is 6.50. The molecule has 1 amide bonds. The van der Waals surface area contributed by atoms with Crippen LogP contribution in [0.2, 0.25) is 0 Å². The molecule has 9 heteroatoms. The summed E-state index contributed by atoms with van der Waals surface area (Å²) in [5.41, 5.74) is -0.232. The maximum atomic E-state index is 13.3. The number of carbonyl (C=O) groups is 4. The minimum absolute atomic E-state index is 0.243. The summed E-state index contributed by atoms with van der Waals surface area (Å²) < 4.78 is 11.2. The molecule has 1 unspecified atom stereocenters. The Balaban J connectivity index is 2.13. The summed E-state index contributed by atoms with van der Waals surface area (Å²) in [5, 5.41) is 10.9. The molecule has 1 heterocycles. The third kappa shape index (κ3) is 3.25. The highest BCUT2D eigenvalue weighted by molar-refractivity contribution is 9.10. The standard InChI is InChI=1S/C18H18BrNO7/c1-26-12-6-9-10(7-11(12)19)18(2-4-27-5-3-18)16(24)14(15(9)23)17(25)20-8-13(21)22/h6-7,14H,2-5,8H2,1H3,(H,20,25)(H,21,22). The average molecular weight is 440 g/mol. The summed E-state index contributed by atoms with van der Waals surface area (Å²) in [6, 6.07) is 3.21. The first-order valence-corrected chi connectivity index (χ1v) is 9.15. The van der Waals surface area contributed by atoms with E-state index in [4.69, 9.17) is 14.6 Å². The van der Waals surface area contributed by atoms with E-state index >= 15 is 0 Å². The van der Waals surface area contributed by atoms with Gasteiger partial charge in [-0.25, -0.2) is 0 Å². The number of rotatable bonds is 4. The number of carboxylic acid groups (broad SMARTS) is 1. The van der Waals surface area contributed by atoms with Crippen molar-refractivity contribution in [1.82, 2.24) is 5.32 Å². The molecule has 1 aliphatic heterocycles. The molecule has 1 atom stereocenters. The highest BCUT2D eigenvalue weighted by atomic mass is 79.9. The van der Waals surface area contributed by atoms with Crippen molar-refractivity contribution in [3.8, 4) is 5.75 Å². The number of benzene rings is 1. The lowest BCUT2D eigenvalue weighted by Gasteiger charge is -2.42. The first kappa shape index (κ1) is 19.5. The first-order valence-electron chi connectivity index (χ1n) is 8.35. The summed E-state index contributed by atoms with van der Waals surface area (Å²) in [6.45, 7) is -0.0124. The number of aliphatic carboxylic acids is 1. The number of ketones is 2. The second-order valence-corrected chi connectivity index (χ2v) is 7.35. The van der Waals surface area contributed by atoms with Crippen LogP contribution in [0.15, 0.2) is 16.6 Å². The number of hydrogen-bond donors (Lipinski definition) is 2. The van der Waals surface area contributed by atoms with E-state index in [9.17, 15) is 19.2 Å². The molecule has 1 aromatic carbocycles. The van der Waals surface area contributed by atoms with E-state index in [1.807, 2.05) is 0 Å². The quantitative estimate of drug-likeness (QED) is 0.673. The zero-order valence-electron chi connectivity index (χ0n) is 14.5. The Morgan fingerprint density at radius 3 is 2.59 bits per heavy atom. The van der Waals surface area contributed by atoms with Gasteiger partial charge in [0.2, 0.25) is 5.91 Å². The zero-order valence-corrected chi connectivity index (χ0v) is 16.1. The lowest BCUT2D eigenvalue weighted by atomic mass is 9.61. The van der Waals surface area contributed by atoms with E-state index in [1.165, 1.54) is 13.2 Å². The number of carbonyl (C=O) groups excluding carboxylic acids is 3. The van der Waals surface area contributed by atoms with Crippen LogP contribution in [0, 0.1) is 5.92 Å². The molecule has 1 aromatic rings. The van der Waals surface area contributed by atoms with Gasteiger partial charge in [0.1, 0.15) is 12.3 Å². The third-order valence-electron chi connectivity index (χ3n) is 5.09. The maximum Gasteiger partial charge on any atom is 0.322 e. The fraction of sp³-hybridized carbons (Fsp3) is 0.444. The van der Waals surface area contributed by atoms with Gasteiger partial charge in [0.15, 0.2) is 17.5 Å². The highest BCUT2D eigenvalue weighted by Crippen LogP contribution is 2.46. The lowest BCUT2D eigenvalue weighted by Crippen LogP contribution is -2.55. The summed E-state index contributed by atoms with van der Waals surface area (Å²) in [6.07, 6.45) is 0.682. The number of Topliss-reactive ketones (excluding diaryl/α,β-unsaturated/α-hetero) is 2. The van der Waals surface area contributed by atoms with Crippen LogP contribution in [-0.4, -0.2) is 55.4 Å². The Kier molecular flexibility index (Phi) is 5.34. The normalized spacial score (nSPS) is 20.9. The minimum Gasteiger partial charge on any atom is -0.496 e. The summed E-state index contributed by atoms with van der Waals surface area (Å²) >= 11 is 3.39. The molecule has 0 bridgehead atoms. The van der Waals surface area contributed by atoms with Crippen LogP contribution in [0.3, 0.4) is 0 Å². The van der Waals surface area contributed by atoms with Gasteiger partial charge in [-0.05, 0) is 46.5 Å². The van der Waals surface area contributed by atoms with Crippen molar-refractivity contribution in [3.63, 3.8) is 0 Å². The van der Waals surface area contributed by atoms with Crippen molar-refractivity contribution in [2.24, 2.45) is 5.92 Å². The number of halogens is 1. The summed E-state index contributed by atoms with van der Waals surface area (Å²) in [5.74, 6) is -4.50. The minimum atomic E-state index is -1.58. The van der Waals surface area contributed by atoms with E-state index in [0.29, 0.717) is 41.8 Å². The third-order valence-corrected chi connectivity index (χ3v) is 5.71.